The molecule has 1 nitrogen and oxygen atoms in total. The molecule has 0 radical (unpaired) electrons. The van der Waals surface area contributed by atoms with Gasteiger partial charge in [-0.25, -0.2) is 0 Å². The van der Waals surface area contributed by atoms with Gasteiger partial charge in [-0.2, -0.15) is 0 Å². The number of thiophene rings is 1. The topological polar surface area (TPSA) is 9.23 Å². The number of aryl methyl sites for hydroxylation is 1. The molecule has 2 aromatic carbocycles. The Morgan fingerprint density at radius 2 is 1.83 bits per heavy atom. The second-order valence-electron chi connectivity index (χ2n) is 4.33. The predicted molar refractivity (Wildman–Crippen MR) is 78.6 cm³/mol. The van der Waals surface area contributed by atoms with Crippen molar-refractivity contribution in [2.45, 2.75) is 6.92 Å². The van der Waals surface area contributed by atoms with Crippen LogP contribution in [0.2, 0.25) is 0 Å². The molecule has 3 aromatic rings. The monoisotopic (exact) mass is 254 g/mol. The van der Waals surface area contributed by atoms with Gasteiger partial charge in [0.2, 0.25) is 0 Å². The van der Waals surface area contributed by atoms with Crippen molar-refractivity contribution < 1.29 is 4.74 Å². The minimum absolute atomic E-state index is 0.914. The van der Waals surface area contributed by atoms with Gasteiger partial charge in [0.25, 0.3) is 0 Å². The maximum atomic E-state index is 5.25. The Labute approximate surface area is 111 Å². The largest absolute Gasteiger partial charge is 0.497 e. The number of benzene rings is 2. The van der Waals surface area contributed by atoms with Gasteiger partial charge < -0.3 is 4.74 Å². The molecule has 0 saturated heterocycles. The van der Waals surface area contributed by atoms with E-state index < -0.39 is 0 Å². The lowest BCUT2D eigenvalue weighted by molar-refractivity contribution is 0.414. The first-order valence-electron chi connectivity index (χ1n) is 5.91. The molecule has 0 aliphatic rings. The van der Waals surface area contributed by atoms with Crippen LogP contribution in [-0.2, 0) is 0 Å². The van der Waals surface area contributed by atoms with E-state index in [-0.39, 0.29) is 0 Å². The van der Waals surface area contributed by atoms with E-state index in [2.05, 4.69) is 49.4 Å². The van der Waals surface area contributed by atoms with Crippen LogP contribution in [0.1, 0.15) is 5.56 Å². The van der Waals surface area contributed by atoms with Crippen molar-refractivity contribution in [3.8, 4) is 16.2 Å². The number of fused-ring (bicyclic) bond motifs is 1. The molecule has 2 heteroatoms. The Bertz CT molecular complexity index is 664. The fraction of sp³-hybridized carbons (Fsp3) is 0.125. The van der Waals surface area contributed by atoms with Crippen molar-refractivity contribution in [1.29, 1.82) is 0 Å². The Morgan fingerprint density at radius 1 is 1.00 bits per heavy atom. The summed E-state index contributed by atoms with van der Waals surface area (Å²) in [6.07, 6.45) is 0. The van der Waals surface area contributed by atoms with E-state index in [4.69, 9.17) is 4.74 Å². The molecule has 0 spiro atoms. The van der Waals surface area contributed by atoms with Crippen LogP contribution in [0.4, 0.5) is 0 Å². The fourth-order valence-electron chi connectivity index (χ4n) is 2.15. The fourth-order valence-corrected chi connectivity index (χ4v) is 3.31. The van der Waals surface area contributed by atoms with Gasteiger partial charge in [-0.05, 0) is 53.8 Å². The molecule has 0 atom stereocenters. The first-order valence-corrected chi connectivity index (χ1v) is 6.73. The quantitative estimate of drug-likeness (QED) is 0.633. The Hall–Kier alpha value is -1.80. The zero-order chi connectivity index (χ0) is 12.5. The maximum absolute atomic E-state index is 5.25. The average Bonchev–Trinajstić information content (AvgIpc) is 2.81. The van der Waals surface area contributed by atoms with Crippen molar-refractivity contribution in [2.75, 3.05) is 7.11 Å². The third kappa shape index (κ3) is 1.89. The first-order chi connectivity index (χ1) is 8.78. The number of hydrogen-bond acceptors (Lipinski definition) is 2. The smallest absolute Gasteiger partial charge is 0.119 e. The number of hydrogen-bond donors (Lipinski definition) is 0. The molecule has 0 unspecified atom stereocenters. The van der Waals surface area contributed by atoms with E-state index in [1.165, 1.54) is 26.1 Å². The van der Waals surface area contributed by atoms with E-state index >= 15 is 0 Å². The number of rotatable bonds is 2. The lowest BCUT2D eigenvalue weighted by Crippen LogP contribution is -1.85. The molecule has 0 aliphatic heterocycles. The van der Waals surface area contributed by atoms with Crippen LogP contribution in [0.3, 0.4) is 0 Å². The highest BCUT2D eigenvalue weighted by Crippen LogP contribution is 2.35. The first kappa shape index (κ1) is 11.3. The predicted octanol–water partition coefficient (Wildman–Crippen LogP) is 4.89. The van der Waals surface area contributed by atoms with Crippen LogP contribution < -0.4 is 4.74 Å². The highest BCUT2D eigenvalue weighted by molar-refractivity contribution is 7.22. The number of methoxy groups -OCH3 is 1. The molecule has 0 amide bonds. The molecule has 0 N–H and O–H groups in total. The minimum atomic E-state index is 0.914. The molecule has 3 rings (SSSR count). The molecule has 0 bridgehead atoms. The van der Waals surface area contributed by atoms with Gasteiger partial charge in [-0.1, -0.05) is 18.2 Å². The van der Waals surface area contributed by atoms with E-state index in [1.807, 2.05) is 17.4 Å². The van der Waals surface area contributed by atoms with Crippen molar-refractivity contribution >= 4 is 21.4 Å². The summed E-state index contributed by atoms with van der Waals surface area (Å²) in [5.41, 5.74) is 2.54. The van der Waals surface area contributed by atoms with Crippen LogP contribution >= 0.6 is 11.3 Å². The average molecular weight is 254 g/mol. The van der Waals surface area contributed by atoms with Gasteiger partial charge >= 0.3 is 0 Å². The third-order valence-corrected chi connectivity index (χ3v) is 4.27. The second kappa shape index (κ2) is 4.46. The van der Waals surface area contributed by atoms with Gasteiger partial charge in [-0.15, -0.1) is 11.3 Å². The maximum Gasteiger partial charge on any atom is 0.119 e. The SMILES string of the molecule is COc1ccc(-c2cc3ccccc3s2)c(C)c1. The Balaban J connectivity index is 2.14. The zero-order valence-electron chi connectivity index (χ0n) is 10.4. The van der Waals surface area contributed by atoms with Gasteiger partial charge in [0.15, 0.2) is 0 Å². The van der Waals surface area contributed by atoms with E-state index in [9.17, 15) is 0 Å². The lowest BCUT2D eigenvalue weighted by Gasteiger charge is -2.05. The summed E-state index contributed by atoms with van der Waals surface area (Å²) in [6, 6.07) is 17.0. The summed E-state index contributed by atoms with van der Waals surface area (Å²) >= 11 is 1.84. The van der Waals surface area contributed by atoms with Gasteiger partial charge in [0.1, 0.15) is 5.75 Å². The van der Waals surface area contributed by atoms with Crippen LogP contribution in [0.5, 0.6) is 5.75 Å². The molecule has 0 aliphatic carbocycles. The van der Waals surface area contributed by atoms with Crippen molar-refractivity contribution in [3.63, 3.8) is 0 Å². The van der Waals surface area contributed by atoms with Gasteiger partial charge in [0.05, 0.1) is 7.11 Å². The van der Waals surface area contributed by atoms with Gasteiger partial charge in [0, 0.05) is 9.58 Å². The summed E-state index contributed by atoms with van der Waals surface area (Å²) in [5.74, 6) is 0.914. The van der Waals surface area contributed by atoms with E-state index in [0.29, 0.717) is 0 Å². The highest BCUT2D eigenvalue weighted by atomic mass is 32.1. The summed E-state index contributed by atoms with van der Waals surface area (Å²) in [6.45, 7) is 2.13. The summed E-state index contributed by atoms with van der Waals surface area (Å²) in [4.78, 5) is 1.32. The molecule has 1 aromatic heterocycles. The molecule has 0 saturated carbocycles. The standard InChI is InChI=1S/C16H14OS/c1-11-9-13(17-2)7-8-14(11)16-10-12-5-3-4-6-15(12)18-16/h3-10H,1-2H3. The molecular weight excluding hydrogens is 240 g/mol. The lowest BCUT2D eigenvalue weighted by atomic mass is 10.1. The van der Waals surface area contributed by atoms with Crippen molar-refractivity contribution in [2.24, 2.45) is 0 Å². The Morgan fingerprint density at radius 3 is 2.56 bits per heavy atom. The minimum Gasteiger partial charge on any atom is -0.497 e. The van der Waals surface area contributed by atoms with Crippen LogP contribution in [0.15, 0.2) is 48.5 Å². The summed E-state index contributed by atoms with van der Waals surface area (Å²) in [5, 5.41) is 1.31. The van der Waals surface area contributed by atoms with Crippen LogP contribution in [-0.4, -0.2) is 7.11 Å². The zero-order valence-corrected chi connectivity index (χ0v) is 11.3. The molecule has 90 valence electrons. The third-order valence-electron chi connectivity index (χ3n) is 3.12. The normalized spacial score (nSPS) is 10.8. The highest BCUT2D eigenvalue weighted by Gasteiger charge is 2.07. The van der Waals surface area contributed by atoms with E-state index in [1.54, 1.807) is 7.11 Å². The van der Waals surface area contributed by atoms with E-state index in [0.717, 1.165) is 5.75 Å². The molecule has 18 heavy (non-hydrogen) atoms. The van der Waals surface area contributed by atoms with Gasteiger partial charge in [-0.3, -0.25) is 0 Å². The number of ether oxygens (including phenoxy) is 1. The van der Waals surface area contributed by atoms with Crippen molar-refractivity contribution in [1.82, 2.24) is 0 Å². The Kier molecular flexibility index (Phi) is 2.80. The van der Waals surface area contributed by atoms with Crippen molar-refractivity contribution in [3.05, 3.63) is 54.1 Å². The summed E-state index contributed by atoms with van der Waals surface area (Å²) < 4.78 is 6.58. The molecular formula is C16H14OS. The van der Waals surface area contributed by atoms with Crippen LogP contribution in [0, 0.1) is 6.92 Å². The molecule has 0 fully saturated rings. The van der Waals surface area contributed by atoms with Crippen LogP contribution in [0.25, 0.3) is 20.5 Å². The molecule has 1 heterocycles. The summed E-state index contributed by atoms with van der Waals surface area (Å²) in [7, 11) is 1.70. The second-order valence-corrected chi connectivity index (χ2v) is 5.41.